The molecular formula is C17H19ClNO6+. The van der Waals surface area contributed by atoms with Gasteiger partial charge in [0.25, 0.3) is 0 Å². The van der Waals surface area contributed by atoms with E-state index in [1.165, 1.54) is 22.5 Å². The van der Waals surface area contributed by atoms with Gasteiger partial charge >= 0.3 is 28.9 Å². The number of rotatable bonds is 1. The topological polar surface area (TPSA) is 114 Å². The second-order valence-corrected chi connectivity index (χ2v) is 6.73. The summed E-state index contributed by atoms with van der Waals surface area (Å²) in [6, 6.07) is 10.3. The minimum absolute atomic E-state index is 0.288. The molecule has 1 aliphatic carbocycles. The Morgan fingerprint density at radius 1 is 1.08 bits per heavy atom. The molecule has 1 aromatic heterocycles. The molecule has 4 rings (SSSR count). The summed E-state index contributed by atoms with van der Waals surface area (Å²) in [7, 11) is -2.49. The zero-order valence-corrected chi connectivity index (χ0v) is 14.4. The van der Waals surface area contributed by atoms with E-state index in [2.05, 4.69) is 22.8 Å². The molecule has 1 aromatic carbocycles. The van der Waals surface area contributed by atoms with Crippen LogP contribution in [0.3, 0.4) is 0 Å². The normalized spacial score (nSPS) is 15.5. The third kappa shape index (κ3) is 3.81. The van der Waals surface area contributed by atoms with Crippen molar-refractivity contribution in [3.63, 3.8) is 0 Å². The van der Waals surface area contributed by atoms with Crippen molar-refractivity contribution in [3.05, 3.63) is 47.2 Å². The molecule has 0 unspecified atom stereocenters. The summed E-state index contributed by atoms with van der Waals surface area (Å²) in [5.74, 6) is 1.20. The van der Waals surface area contributed by atoms with E-state index < -0.39 is 10.2 Å². The van der Waals surface area contributed by atoms with Gasteiger partial charge in [-0.15, -0.1) is 0 Å². The fourth-order valence-electron chi connectivity index (χ4n) is 3.41. The number of fused-ring (bicyclic) bond motifs is 5. The third-order valence-corrected chi connectivity index (χ3v) is 4.42. The fourth-order valence-corrected chi connectivity index (χ4v) is 3.41. The number of pyridine rings is 1. The average Bonchev–Trinajstić information content (AvgIpc) is 2.94. The Morgan fingerprint density at radius 3 is 2.44 bits per heavy atom. The molecule has 0 bridgehead atoms. The number of benzene rings is 1. The summed E-state index contributed by atoms with van der Waals surface area (Å²) in [6.45, 7) is 0.950. The van der Waals surface area contributed by atoms with E-state index >= 15 is 0 Å². The first-order chi connectivity index (χ1) is 11.8. The van der Waals surface area contributed by atoms with Gasteiger partial charge in [0.1, 0.15) is 5.75 Å². The van der Waals surface area contributed by atoms with Crippen LogP contribution in [0.1, 0.15) is 28.0 Å². The van der Waals surface area contributed by atoms with E-state index in [0.29, 0.717) is 6.42 Å². The molecule has 8 heteroatoms. The second kappa shape index (κ2) is 6.70. The molecule has 2 aliphatic rings. The molecule has 134 valence electrons. The van der Waals surface area contributed by atoms with E-state index in [1.807, 2.05) is 12.1 Å². The third-order valence-electron chi connectivity index (χ3n) is 4.42. The summed E-state index contributed by atoms with van der Waals surface area (Å²) in [5.41, 5.74) is 5.95. The Labute approximate surface area is 146 Å². The van der Waals surface area contributed by atoms with Crippen molar-refractivity contribution in [1.29, 1.82) is 0 Å². The maximum absolute atomic E-state index is 11.9. The van der Waals surface area contributed by atoms with Crippen LogP contribution in [0.4, 0.5) is 0 Å². The molecule has 3 N–H and O–H groups in total. The summed E-state index contributed by atoms with van der Waals surface area (Å²) < 4.78 is 37.9. The van der Waals surface area contributed by atoms with Gasteiger partial charge in [0.2, 0.25) is 5.69 Å². The number of Topliss-reactive ketones (excluding diaryl/α,β-unsaturated/α-hetero) is 1. The van der Waals surface area contributed by atoms with Crippen molar-refractivity contribution in [2.24, 2.45) is 0 Å². The molecule has 0 spiro atoms. The predicted octanol–water partition coefficient (Wildman–Crippen LogP) is -0.525. The van der Waals surface area contributed by atoms with E-state index in [-0.39, 0.29) is 5.78 Å². The molecule has 2 heterocycles. The summed E-state index contributed by atoms with van der Waals surface area (Å²) in [5, 5.41) is 0. The van der Waals surface area contributed by atoms with Crippen LogP contribution in [0.25, 0.3) is 11.3 Å². The number of carbonyl (C=O) groups is 1. The minimum atomic E-state index is -4.19. The summed E-state index contributed by atoms with van der Waals surface area (Å²) in [6.07, 6.45) is 2.54. The first-order valence-corrected chi connectivity index (χ1v) is 9.02. The van der Waals surface area contributed by atoms with Crippen molar-refractivity contribution in [3.8, 4) is 17.0 Å². The number of hydrogen-bond donors (Lipinski definition) is 3. The Kier molecular flexibility index (Phi) is 4.77. The number of ketones is 1. The number of carbonyl (C=O) groups excluding carboxylic acids is 1. The van der Waals surface area contributed by atoms with Crippen molar-refractivity contribution in [2.75, 3.05) is 7.11 Å². The maximum atomic E-state index is 11.9. The van der Waals surface area contributed by atoms with Crippen molar-refractivity contribution < 1.29 is 43.0 Å². The fraction of sp³-hybridized carbons (Fsp3) is 0.294. The van der Waals surface area contributed by atoms with Gasteiger partial charge in [-0.3, -0.25) is 4.79 Å². The van der Waals surface area contributed by atoms with Gasteiger partial charge in [-0.25, -0.2) is 0 Å². The Balaban J connectivity index is 0.000000324. The molecule has 0 fully saturated rings. The number of aryl methyl sites for hydroxylation is 1. The molecule has 0 radical (unpaired) electrons. The van der Waals surface area contributed by atoms with Crippen molar-refractivity contribution in [1.82, 2.24) is 0 Å². The number of hydrogen-bond acceptors (Lipinski definition) is 6. The zero-order valence-electron chi connectivity index (χ0n) is 13.6. The first kappa shape index (κ1) is 17.8. The number of halogens is 1. The number of methoxy groups -OCH3 is 1. The summed E-state index contributed by atoms with van der Waals surface area (Å²) in [4.78, 5) is 11.9. The second-order valence-electron chi connectivity index (χ2n) is 5.86. The number of nitrogens with zero attached hydrogens (tertiary/aromatic N) is 1. The van der Waals surface area contributed by atoms with Crippen LogP contribution in [0.2, 0.25) is 0 Å². The van der Waals surface area contributed by atoms with Crippen LogP contribution in [-0.4, -0.2) is 26.9 Å². The van der Waals surface area contributed by atoms with Crippen molar-refractivity contribution in [2.45, 2.75) is 25.8 Å². The van der Waals surface area contributed by atoms with Crippen LogP contribution < -0.4 is 14.0 Å². The SMILES string of the molecule is COc1ccc2c(c1)CC[n+]1c-2ccc2c1CCC2=O.[O-][Cl+](O)(O)O. The Bertz CT molecular complexity index is 825. The summed E-state index contributed by atoms with van der Waals surface area (Å²) >= 11 is 0. The van der Waals surface area contributed by atoms with Gasteiger partial charge < -0.3 is 4.74 Å². The molecule has 1 aliphatic heterocycles. The molecular weight excluding hydrogens is 350 g/mol. The van der Waals surface area contributed by atoms with Crippen LogP contribution >= 0.6 is 0 Å². The van der Waals surface area contributed by atoms with Crippen LogP contribution in [0, 0.1) is 10.2 Å². The zero-order chi connectivity index (χ0) is 18.2. The van der Waals surface area contributed by atoms with E-state index in [9.17, 15) is 4.79 Å². The van der Waals surface area contributed by atoms with E-state index in [4.69, 9.17) is 23.4 Å². The van der Waals surface area contributed by atoms with Crippen molar-refractivity contribution >= 4 is 5.78 Å². The van der Waals surface area contributed by atoms with E-state index in [1.54, 1.807) is 7.11 Å². The monoisotopic (exact) mass is 368 g/mol. The molecule has 2 aromatic rings. The Morgan fingerprint density at radius 2 is 1.76 bits per heavy atom. The standard InChI is InChI=1S/C17H16NO2.ClH3O4/c1-20-12-2-3-13-11(10-12)8-9-18-15(13)5-4-14-16(18)6-7-17(14)19;2-1(3,4)5/h2-5,10H,6-9H2,1H3;2-4H/q+1;. The number of ether oxygens (including phenoxy) is 1. The predicted molar refractivity (Wildman–Crippen MR) is 81.6 cm³/mol. The molecule has 0 saturated heterocycles. The molecule has 0 atom stereocenters. The van der Waals surface area contributed by atoms with Gasteiger partial charge in [0, 0.05) is 30.9 Å². The van der Waals surface area contributed by atoms with E-state index in [0.717, 1.165) is 30.7 Å². The van der Waals surface area contributed by atoms with Gasteiger partial charge in [0.05, 0.1) is 12.7 Å². The van der Waals surface area contributed by atoms with Gasteiger partial charge in [-0.05, 0) is 29.8 Å². The van der Waals surface area contributed by atoms with Crippen LogP contribution in [-0.2, 0) is 19.4 Å². The molecule has 0 amide bonds. The molecule has 25 heavy (non-hydrogen) atoms. The molecule has 7 nitrogen and oxygen atoms in total. The quantitative estimate of drug-likeness (QED) is 0.583. The van der Waals surface area contributed by atoms with Gasteiger partial charge in [0.15, 0.2) is 18.0 Å². The number of aromatic nitrogens is 1. The van der Waals surface area contributed by atoms with Gasteiger partial charge in [-0.2, -0.15) is 4.57 Å². The first-order valence-electron chi connectivity index (χ1n) is 7.70. The van der Waals surface area contributed by atoms with Gasteiger partial charge in [-0.1, -0.05) is 0 Å². The average molecular weight is 369 g/mol. The molecule has 0 saturated carbocycles. The van der Waals surface area contributed by atoms with Crippen LogP contribution in [0.5, 0.6) is 5.75 Å². The Hall–Kier alpha value is -2.03. The van der Waals surface area contributed by atoms with Crippen LogP contribution in [0.15, 0.2) is 30.3 Å².